The van der Waals surface area contributed by atoms with Crippen LogP contribution in [0.2, 0.25) is 0 Å². The van der Waals surface area contributed by atoms with Gasteiger partial charge in [0, 0.05) is 92.7 Å². The van der Waals surface area contributed by atoms with E-state index in [1.807, 2.05) is 52.6 Å². The number of H-pyrrole nitrogens is 1. The quantitative estimate of drug-likeness (QED) is 0.243. The van der Waals surface area contributed by atoms with Crippen LogP contribution >= 0.6 is 0 Å². The molecular formula is C35H46N14O. The number of nitrogens with zero attached hydrogens (tertiary/aromatic N) is 13. The lowest BCUT2D eigenvalue weighted by molar-refractivity contribution is 0.198. The lowest BCUT2D eigenvalue weighted by Gasteiger charge is -2.21. The van der Waals surface area contributed by atoms with Crippen LogP contribution in [0, 0.1) is 20.8 Å². The van der Waals surface area contributed by atoms with E-state index in [1.54, 1.807) is 54.3 Å². The molecule has 50 heavy (non-hydrogen) atoms. The monoisotopic (exact) mass is 678 g/mol. The first-order chi connectivity index (χ1) is 24.2. The Morgan fingerprint density at radius 2 is 1.34 bits per heavy atom. The van der Waals surface area contributed by atoms with Gasteiger partial charge in [-0.15, -0.1) is 0 Å². The second-order valence-corrected chi connectivity index (χ2v) is 11.5. The number of aryl methyl sites for hydroxylation is 4. The highest BCUT2D eigenvalue weighted by atomic mass is 16.3. The van der Waals surface area contributed by atoms with Crippen molar-refractivity contribution in [2.45, 2.75) is 53.6 Å². The molecule has 7 rings (SSSR count). The zero-order valence-corrected chi connectivity index (χ0v) is 29.6. The lowest BCUT2D eigenvalue weighted by Crippen LogP contribution is -2.23. The van der Waals surface area contributed by atoms with Crippen molar-refractivity contribution in [2.24, 2.45) is 7.05 Å². The maximum Gasteiger partial charge on any atom is 0.125 e. The Kier molecular flexibility index (Phi) is 14.4. The van der Waals surface area contributed by atoms with Gasteiger partial charge in [0.2, 0.25) is 0 Å². The minimum atomic E-state index is -0.190. The predicted molar refractivity (Wildman–Crippen MR) is 193 cm³/mol. The minimum Gasteiger partial charge on any atom is -0.391 e. The fourth-order valence-corrected chi connectivity index (χ4v) is 4.78. The SMILES string of the molecule is CCCN(CC)c1cnc(C)nc1.Cc1ncc(-c2cn[nH]c2)cn1.Cc1ncc(-c2cnn(C)c2)cn1.O[C@H]1CCN(c2cncnc2)C1. The third-order valence-corrected chi connectivity index (χ3v) is 7.51. The van der Waals surface area contributed by atoms with E-state index in [9.17, 15) is 5.11 Å². The molecule has 15 heteroatoms. The molecule has 1 atom stereocenters. The van der Waals surface area contributed by atoms with Crippen molar-refractivity contribution in [3.8, 4) is 22.3 Å². The predicted octanol–water partition coefficient (Wildman–Crippen LogP) is 4.43. The highest BCUT2D eigenvalue weighted by Crippen LogP contribution is 2.18. The molecule has 0 bridgehead atoms. The molecule has 0 aromatic carbocycles. The van der Waals surface area contributed by atoms with Crippen molar-refractivity contribution < 1.29 is 5.11 Å². The van der Waals surface area contributed by atoms with E-state index in [-0.39, 0.29) is 6.10 Å². The average Bonchev–Trinajstić information content (AvgIpc) is 3.93. The number of aromatic nitrogens is 12. The summed E-state index contributed by atoms with van der Waals surface area (Å²) >= 11 is 0. The van der Waals surface area contributed by atoms with Crippen LogP contribution < -0.4 is 9.80 Å². The van der Waals surface area contributed by atoms with Gasteiger partial charge in [-0.3, -0.25) is 9.78 Å². The van der Waals surface area contributed by atoms with Crippen LogP contribution in [0.25, 0.3) is 22.3 Å². The summed E-state index contributed by atoms with van der Waals surface area (Å²) < 4.78 is 1.76. The largest absolute Gasteiger partial charge is 0.391 e. The molecule has 0 aliphatic carbocycles. The van der Waals surface area contributed by atoms with Gasteiger partial charge in [-0.2, -0.15) is 10.2 Å². The molecule has 262 valence electrons. The molecule has 0 unspecified atom stereocenters. The number of aromatic amines is 1. The number of hydrogen-bond acceptors (Lipinski definition) is 13. The third kappa shape index (κ3) is 11.8. The van der Waals surface area contributed by atoms with E-state index < -0.39 is 0 Å². The normalized spacial score (nSPS) is 13.3. The van der Waals surface area contributed by atoms with Crippen molar-refractivity contribution in [2.75, 3.05) is 36.0 Å². The molecule has 1 aliphatic heterocycles. The smallest absolute Gasteiger partial charge is 0.125 e. The van der Waals surface area contributed by atoms with Gasteiger partial charge in [0.25, 0.3) is 0 Å². The van der Waals surface area contributed by atoms with Crippen LogP contribution in [0.15, 0.2) is 80.7 Å². The van der Waals surface area contributed by atoms with Gasteiger partial charge >= 0.3 is 0 Å². The summed E-state index contributed by atoms with van der Waals surface area (Å²) in [5.41, 5.74) is 6.15. The molecule has 2 N–H and O–H groups in total. The summed E-state index contributed by atoms with van der Waals surface area (Å²) in [6.07, 6.45) is 25.1. The van der Waals surface area contributed by atoms with E-state index >= 15 is 0 Å². The van der Waals surface area contributed by atoms with Gasteiger partial charge in [-0.1, -0.05) is 6.92 Å². The molecule has 1 saturated heterocycles. The number of aliphatic hydroxyl groups is 1. The fraction of sp³-hybridized carbons (Fsp3) is 0.371. The number of rotatable bonds is 7. The summed E-state index contributed by atoms with van der Waals surface area (Å²) in [7, 11) is 1.89. The standard InChI is InChI=1S/C10H17N3.C9H10N4.C8H8N4.C8H11N3O/c1-4-6-13(5-2)10-7-11-9(3)12-8-10;1-7-10-3-8(4-11-7)9-5-12-13(2)6-9;1-6-9-2-7(3-10-6)8-4-11-12-5-8;12-8-1-2-11(5-8)7-3-9-6-10-4-7/h7-8H,4-6H2,1-3H3;3-6H,1-2H3;2-5H,1H3,(H,11,12);3-4,6,8,12H,1-2,5H2/t;;;8-/m...0/s1. The Labute approximate surface area is 293 Å². The van der Waals surface area contributed by atoms with Gasteiger partial charge in [-0.05, 0) is 40.5 Å². The third-order valence-electron chi connectivity index (χ3n) is 7.51. The van der Waals surface area contributed by atoms with Crippen LogP contribution in [0.4, 0.5) is 11.4 Å². The molecule has 1 aliphatic rings. The van der Waals surface area contributed by atoms with E-state index in [4.69, 9.17) is 0 Å². The Balaban J connectivity index is 0.000000150. The first-order valence-electron chi connectivity index (χ1n) is 16.5. The number of aliphatic hydroxyl groups excluding tert-OH is 1. The topological polar surface area (TPSA) is 176 Å². The second-order valence-electron chi connectivity index (χ2n) is 11.5. The van der Waals surface area contributed by atoms with E-state index in [0.717, 1.165) is 83.6 Å². The number of nitrogens with one attached hydrogen (secondary N) is 1. The molecule has 0 radical (unpaired) electrons. The van der Waals surface area contributed by atoms with Crippen molar-refractivity contribution in [3.63, 3.8) is 0 Å². The van der Waals surface area contributed by atoms with Crippen LogP contribution in [-0.2, 0) is 7.05 Å². The molecule has 1 fully saturated rings. The molecule has 0 spiro atoms. The summed E-state index contributed by atoms with van der Waals surface area (Å²) in [6, 6.07) is 0. The number of β-amino-alcohol motifs (C(OH)–C–C–N with tert-alkyl or cyclic N) is 1. The Hall–Kier alpha value is -5.70. The van der Waals surface area contributed by atoms with Gasteiger partial charge in [0.05, 0.1) is 54.7 Å². The molecule has 15 nitrogen and oxygen atoms in total. The molecule has 7 heterocycles. The van der Waals surface area contributed by atoms with E-state index in [1.165, 1.54) is 6.33 Å². The van der Waals surface area contributed by atoms with Crippen LogP contribution in [-0.4, -0.2) is 97.2 Å². The van der Waals surface area contributed by atoms with E-state index in [0.29, 0.717) is 6.54 Å². The first kappa shape index (κ1) is 37.1. The van der Waals surface area contributed by atoms with Crippen molar-refractivity contribution in [1.82, 2.24) is 59.8 Å². The molecule has 6 aromatic rings. The lowest BCUT2D eigenvalue weighted by atomic mass is 10.2. The van der Waals surface area contributed by atoms with Gasteiger partial charge in [0.15, 0.2) is 0 Å². The van der Waals surface area contributed by atoms with Gasteiger partial charge < -0.3 is 14.9 Å². The Morgan fingerprint density at radius 3 is 1.80 bits per heavy atom. The molecule has 6 aromatic heterocycles. The summed E-state index contributed by atoms with van der Waals surface area (Å²) in [5.74, 6) is 2.39. The van der Waals surface area contributed by atoms with Crippen LogP contribution in [0.5, 0.6) is 0 Å². The van der Waals surface area contributed by atoms with Crippen molar-refractivity contribution >= 4 is 11.4 Å². The number of hydrogen-bond donors (Lipinski definition) is 2. The molecule has 0 amide bonds. The second kappa shape index (κ2) is 19.3. The first-order valence-corrected chi connectivity index (χ1v) is 16.5. The zero-order chi connectivity index (χ0) is 35.7. The van der Waals surface area contributed by atoms with Crippen LogP contribution in [0.3, 0.4) is 0 Å². The molecule has 0 saturated carbocycles. The summed E-state index contributed by atoms with van der Waals surface area (Å²) in [4.78, 5) is 37.0. The van der Waals surface area contributed by atoms with E-state index in [2.05, 4.69) is 78.8 Å². The minimum absolute atomic E-state index is 0.190. The summed E-state index contributed by atoms with van der Waals surface area (Å²) in [5, 5.41) is 19.9. The maximum absolute atomic E-state index is 9.28. The Bertz CT molecular complexity index is 1780. The zero-order valence-electron chi connectivity index (χ0n) is 29.6. The van der Waals surface area contributed by atoms with Crippen LogP contribution in [0.1, 0.15) is 44.2 Å². The van der Waals surface area contributed by atoms with Gasteiger partial charge in [-0.25, -0.2) is 39.9 Å². The van der Waals surface area contributed by atoms with Crippen molar-refractivity contribution in [3.05, 3.63) is 98.2 Å². The fourth-order valence-electron chi connectivity index (χ4n) is 4.78. The Morgan fingerprint density at radius 1 is 0.760 bits per heavy atom. The molecular weight excluding hydrogens is 632 g/mol. The highest BCUT2D eigenvalue weighted by molar-refractivity contribution is 5.59. The van der Waals surface area contributed by atoms with Crippen molar-refractivity contribution in [1.29, 1.82) is 0 Å². The van der Waals surface area contributed by atoms with Gasteiger partial charge in [0.1, 0.15) is 23.8 Å². The maximum atomic E-state index is 9.28. The summed E-state index contributed by atoms with van der Waals surface area (Å²) in [6.45, 7) is 13.6. The number of anilines is 2. The highest BCUT2D eigenvalue weighted by Gasteiger charge is 2.20. The average molecular weight is 679 g/mol.